The molecule has 1 N–H and O–H groups in total. The molecule has 0 aliphatic carbocycles. The maximum atomic E-state index is 12.0. The molecule has 0 spiro atoms. The van der Waals surface area contributed by atoms with Crippen molar-refractivity contribution in [3.05, 3.63) is 12.7 Å². The highest BCUT2D eigenvalue weighted by atomic mass is 16.2. The minimum absolute atomic E-state index is 0.239. The van der Waals surface area contributed by atoms with Crippen LogP contribution < -0.4 is 5.32 Å². The summed E-state index contributed by atoms with van der Waals surface area (Å²) >= 11 is 0. The van der Waals surface area contributed by atoms with Gasteiger partial charge in [0.15, 0.2) is 0 Å². The molecular formula is C14H25N3O. The first-order chi connectivity index (χ1) is 8.72. The molecule has 4 heteroatoms. The van der Waals surface area contributed by atoms with Crippen molar-refractivity contribution < 1.29 is 4.79 Å². The van der Waals surface area contributed by atoms with Crippen LogP contribution in [0.5, 0.6) is 0 Å². The number of amides is 1. The lowest BCUT2D eigenvalue weighted by Gasteiger charge is -2.46. The van der Waals surface area contributed by atoms with Crippen LogP contribution in [0, 0.1) is 5.92 Å². The van der Waals surface area contributed by atoms with E-state index in [1.165, 1.54) is 19.4 Å². The van der Waals surface area contributed by atoms with Gasteiger partial charge in [0.2, 0.25) is 5.91 Å². The molecular weight excluding hydrogens is 226 g/mol. The Morgan fingerprint density at radius 3 is 3.06 bits per heavy atom. The van der Waals surface area contributed by atoms with Crippen molar-refractivity contribution in [2.45, 2.75) is 25.3 Å². The first kappa shape index (κ1) is 13.6. The zero-order valence-electron chi connectivity index (χ0n) is 11.4. The molecule has 2 saturated heterocycles. The van der Waals surface area contributed by atoms with E-state index >= 15 is 0 Å². The zero-order chi connectivity index (χ0) is 13.0. The molecule has 0 aromatic rings. The van der Waals surface area contributed by atoms with Crippen molar-refractivity contribution in [2.24, 2.45) is 5.92 Å². The van der Waals surface area contributed by atoms with Crippen LogP contribution in [0.15, 0.2) is 12.7 Å². The molecule has 4 nitrogen and oxygen atoms in total. The smallest absolute Gasteiger partial charge is 0.236 e. The first-order valence-electron chi connectivity index (χ1n) is 7.02. The van der Waals surface area contributed by atoms with Crippen molar-refractivity contribution in [1.82, 2.24) is 15.1 Å². The second kappa shape index (κ2) is 6.34. The molecule has 2 unspecified atom stereocenters. The highest BCUT2D eigenvalue weighted by Gasteiger charge is 2.35. The summed E-state index contributed by atoms with van der Waals surface area (Å²) in [6, 6.07) is 0.698. The summed E-state index contributed by atoms with van der Waals surface area (Å²) in [6.45, 7) is 7.87. The lowest BCUT2D eigenvalue weighted by atomic mass is 9.84. The number of rotatable bonds is 4. The maximum absolute atomic E-state index is 12.0. The van der Waals surface area contributed by atoms with E-state index < -0.39 is 0 Å². The van der Waals surface area contributed by atoms with Gasteiger partial charge in [0.05, 0.1) is 6.54 Å². The summed E-state index contributed by atoms with van der Waals surface area (Å²) in [5.41, 5.74) is 0. The number of nitrogens with one attached hydrogen (secondary N) is 1. The number of carbonyl (C=O) groups is 1. The fourth-order valence-corrected chi connectivity index (χ4v) is 3.27. The van der Waals surface area contributed by atoms with E-state index in [1.807, 2.05) is 4.90 Å². The fraction of sp³-hybridized carbons (Fsp3) is 0.786. The van der Waals surface area contributed by atoms with E-state index in [0.29, 0.717) is 25.0 Å². The van der Waals surface area contributed by atoms with Crippen molar-refractivity contribution in [2.75, 3.05) is 39.8 Å². The number of fused-ring (bicyclic) bond motifs is 1. The van der Waals surface area contributed by atoms with Crippen LogP contribution in [-0.2, 0) is 4.79 Å². The lowest BCUT2D eigenvalue weighted by Crippen LogP contribution is -2.55. The Bertz CT molecular complexity index is 305. The van der Waals surface area contributed by atoms with Crippen LogP contribution in [0.25, 0.3) is 0 Å². The SMILES string of the molecule is C=CCNCC(=O)N1CCC2C(CCCN2C)C1. The Morgan fingerprint density at radius 1 is 1.44 bits per heavy atom. The number of nitrogens with zero attached hydrogens (tertiary/aromatic N) is 2. The van der Waals surface area contributed by atoms with Gasteiger partial charge >= 0.3 is 0 Å². The molecule has 2 heterocycles. The topological polar surface area (TPSA) is 35.6 Å². The second-order valence-electron chi connectivity index (χ2n) is 5.50. The van der Waals surface area contributed by atoms with E-state index in [0.717, 1.165) is 19.5 Å². The van der Waals surface area contributed by atoms with E-state index in [2.05, 4.69) is 23.8 Å². The Hall–Kier alpha value is -0.870. The largest absolute Gasteiger partial charge is 0.341 e. The monoisotopic (exact) mass is 251 g/mol. The zero-order valence-corrected chi connectivity index (χ0v) is 11.4. The van der Waals surface area contributed by atoms with E-state index in [4.69, 9.17) is 0 Å². The predicted octanol–water partition coefficient (Wildman–Crippen LogP) is 0.705. The second-order valence-corrected chi connectivity index (χ2v) is 5.50. The Kier molecular flexibility index (Phi) is 4.78. The molecule has 0 saturated carbocycles. The minimum atomic E-state index is 0.239. The summed E-state index contributed by atoms with van der Waals surface area (Å²) < 4.78 is 0. The van der Waals surface area contributed by atoms with Crippen molar-refractivity contribution in [3.63, 3.8) is 0 Å². The van der Waals surface area contributed by atoms with Gasteiger partial charge in [0, 0.05) is 25.7 Å². The summed E-state index contributed by atoms with van der Waals surface area (Å²) in [7, 11) is 2.22. The highest BCUT2D eigenvalue weighted by Crippen LogP contribution is 2.29. The van der Waals surface area contributed by atoms with E-state index in [1.54, 1.807) is 6.08 Å². The van der Waals surface area contributed by atoms with Crippen LogP contribution in [0.3, 0.4) is 0 Å². The number of hydrogen-bond donors (Lipinski definition) is 1. The van der Waals surface area contributed by atoms with Crippen molar-refractivity contribution in [3.8, 4) is 0 Å². The van der Waals surface area contributed by atoms with Gasteiger partial charge in [-0.05, 0) is 38.8 Å². The third-order valence-electron chi connectivity index (χ3n) is 4.26. The molecule has 2 fully saturated rings. The molecule has 102 valence electrons. The van der Waals surface area contributed by atoms with E-state index in [9.17, 15) is 4.79 Å². The molecule has 2 atom stereocenters. The predicted molar refractivity (Wildman–Crippen MR) is 73.4 cm³/mol. The average molecular weight is 251 g/mol. The highest BCUT2D eigenvalue weighted by molar-refractivity contribution is 5.78. The van der Waals surface area contributed by atoms with Gasteiger partial charge < -0.3 is 15.1 Å². The fourth-order valence-electron chi connectivity index (χ4n) is 3.27. The van der Waals surface area contributed by atoms with Gasteiger partial charge in [0.25, 0.3) is 0 Å². The van der Waals surface area contributed by atoms with Gasteiger partial charge in [-0.15, -0.1) is 6.58 Å². The summed E-state index contributed by atoms with van der Waals surface area (Å²) in [6.07, 6.45) is 5.47. The molecule has 0 aromatic heterocycles. The molecule has 1 amide bonds. The molecule has 2 rings (SSSR count). The van der Waals surface area contributed by atoms with Gasteiger partial charge in [-0.1, -0.05) is 6.08 Å². The lowest BCUT2D eigenvalue weighted by molar-refractivity contribution is -0.133. The molecule has 0 aromatic carbocycles. The summed E-state index contributed by atoms with van der Waals surface area (Å²) in [4.78, 5) is 16.6. The number of carbonyl (C=O) groups excluding carboxylic acids is 1. The first-order valence-corrected chi connectivity index (χ1v) is 7.02. The normalized spacial score (nSPS) is 28.8. The van der Waals surface area contributed by atoms with Crippen LogP contribution in [0.1, 0.15) is 19.3 Å². The number of likely N-dealkylation sites (tertiary alicyclic amines) is 2. The Labute approximate surface area is 110 Å². The third-order valence-corrected chi connectivity index (χ3v) is 4.26. The minimum Gasteiger partial charge on any atom is -0.341 e. The Morgan fingerprint density at radius 2 is 2.28 bits per heavy atom. The van der Waals surface area contributed by atoms with Gasteiger partial charge in [-0.3, -0.25) is 4.79 Å². The van der Waals surface area contributed by atoms with E-state index in [-0.39, 0.29) is 5.91 Å². The standard InChI is InChI=1S/C14H25N3O/c1-3-7-15-10-14(18)17-9-6-13-12(11-17)5-4-8-16(13)2/h3,12-13,15H,1,4-11H2,2H3. The Balaban J connectivity index is 1.82. The summed E-state index contributed by atoms with van der Waals surface area (Å²) in [5.74, 6) is 0.921. The molecule has 0 bridgehead atoms. The van der Waals surface area contributed by atoms with Gasteiger partial charge in [0.1, 0.15) is 0 Å². The van der Waals surface area contributed by atoms with Crippen LogP contribution in [-0.4, -0.2) is 61.5 Å². The van der Waals surface area contributed by atoms with Gasteiger partial charge in [-0.2, -0.15) is 0 Å². The molecule has 18 heavy (non-hydrogen) atoms. The van der Waals surface area contributed by atoms with Crippen LogP contribution in [0.4, 0.5) is 0 Å². The van der Waals surface area contributed by atoms with Gasteiger partial charge in [-0.25, -0.2) is 0 Å². The molecule has 0 radical (unpaired) electrons. The molecule has 2 aliphatic heterocycles. The van der Waals surface area contributed by atoms with Crippen LogP contribution in [0.2, 0.25) is 0 Å². The molecule has 2 aliphatic rings. The quantitative estimate of drug-likeness (QED) is 0.590. The average Bonchev–Trinajstić information content (AvgIpc) is 2.39. The summed E-state index contributed by atoms with van der Waals surface area (Å²) in [5, 5.41) is 3.09. The maximum Gasteiger partial charge on any atom is 0.236 e. The number of hydrogen-bond acceptors (Lipinski definition) is 3. The number of piperidine rings is 2. The van der Waals surface area contributed by atoms with Crippen molar-refractivity contribution in [1.29, 1.82) is 0 Å². The van der Waals surface area contributed by atoms with Crippen molar-refractivity contribution >= 4 is 5.91 Å². The van der Waals surface area contributed by atoms with Crippen LogP contribution >= 0.6 is 0 Å². The third kappa shape index (κ3) is 3.12.